The molecule has 1 atom stereocenters. The Labute approximate surface area is 170 Å². The standard InChI is InChI=1S/C24H24N2OS/c1-16(20-10-6-8-19-7-4-5-9-21(19)20)25-14-18-11-12-24(27-3)22(13-18)23-15-28-17(2)26-23/h4-13,15-16,25H,14H2,1-3H3. The van der Waals surface area contributed by atoms with E-state index in [4.69, 9.17) is 4.74 Å². The second-order valence-electron chi connectivity index (χ2n) is 6.96. The molecule has 0 spiro atoms. The van der Waals surface area contributed by atoms with Crippen molar-refractivity contribution in [3.05, 3.63) is 82.2 Å². The summed E-state index contributed by atoms with van der Waals surface area (Å²) in [5, 5.41) is 9.40. The zero-order valence-electron chi connectivity index (χ0n) is 16.4. The van der Waals surface area contributed by atoms with E-state index in [9.17, 15) is 0 Å². The molecule has 0 aliphatic heterocycles. The van der Waals surface area contributed by atoms with Crippen LogP contribution in [-0.2, 0) is 6.54 Å². The Morgan fingerprint density at radius 2 is 1.89 bits per heavy atom. The van der Waals surface area contributed by atoms with E-state index in [0.29, 0.717) is 0 Å². The molecule has 3 nitrogen and oxygen atoms in total. The molecule has 3 aromatic carbocycles. The van der Waals surface area contributed by atoms with Gasteiger partial charge >= 0.3 is 0 Å². The molecule has 0 bridgehead atoms. The summed E-state index contributed by atoms with van der Waals surface area (Å²) < 4.78 is 5.55. The van der Waals surface area contributed by atoms with Crippen LogP contribution < -0.4 is 10.1 Å². The van der Waals surface area contributed by atoms with Gasteiger partial charge in [-0.15, -0.1) is 11.3 Å². The highest BCUT2D eigenvalue weighted by atomic mass is 32.1. The second kappa shape index (κ2) is 8.13. The monoisotopic (exact) mass is 388 g/mol. The third-order valence-electron chi connectivity index (χ3n) is 5.06. The van der Waals surface area contributed by atoms with Crippen molar-refractivity contribution < 1.29 is 4.74 Å². The number of ether oxygens (including phenoxy) is 1. The topological polar surface area (TPSA) is 34.1 Å². The Kier molecular flexibility index (Phi) is 5.42. The first kappa shape index (κ1) is 18.7. The fraction of sp³-hybridized carbons (Fsp3) is 0.208. The maximum Gasteiger partial charge on any atom is 0.128 e. The molecule has 4 heteroatoms. The number of methoxy groups -OCH3 is 1. The number of fused-ring (bicyclic) bond motifs is 1. The van der Waals surface area contributed by atoms with Crippen LogP contribution in [0.1, 0.15) is 29.1 Å². The molecule has 0 saturated carbocycles. The van der Waals surface area contributed by atoms with Gasteiger partial charge < -0.3 is 10.1 Å². The molecule has 0 radical (unpaired) electrons. The molecule has 142 valence electrons. The van der Waals surface area contributed by atoms with E-state index in [1.54, 1.807) is 18.4 Å². The van der Waals surface area contributed by atoms with Gasteiger partial charge in [0.25, 0.3) is 0 Å². The lowest BCUT2D eigenvalue weighted by Gasteiger charge is -2.17. The maximum atomic E-state index is 5.55. The van der Waals surface area contributed by atoms with Crippen molar-refractivity contribution in [3.8, 4) is 17.0 Å². The van der Waals surface area contributed by atoms with E-state index < -0.39 is 0 Å². The van der Waals surface area contributed by atoms with Gasteiger partial charge in [-0.1, -0.05) is 48.5 Å². The van der Waals surface area contributed by atoms with Crippen LogP contribution in [0.4, 0.5) is 0 Å². The Morgan fingerprint density at radius 3 is 2.68 bits per heavy atom. The van der Waals surface area contributed by atoms with Crippen LogP contribution in [0, 0.1) is 6.92 Å². The predicted octanol–water partition coefficient (Wildman–Crippen LogP) is 6.13. The number of rotatable bonds is 6. The fourth-order valence-corrected chi connectivity index (χ4v) is 4.17. The third-order valence-corrected chi connectivity index (χ3v) is 5.83. The number of aromatic nitrogens is 1. The van der Waals surface area contributed by atoms with Crippen molar-refractivity contribution >= 4 is 22.1 Å². The van der Waals surface area contributed by atoms with Gasteiger partial charge in [-0.2, -0.15) is 0 Å². The summed E-state index contributed by atoms with van der Waals surface area (Å²) >= 11 is 1.66. The summed E-state index contributed by atoms with van der Waals surface area (Å²) in [6, 6.07) is 21.6. The minimum atomic E-state index is 0.248. The largest absolute Gasteiger partial charge is 0.496 e. The number of nitrogens with zero attached hydrogens (tertiary/aromatic N) is 1. The van der Waals surface area contributed by atoms with Gasteiger partial charge in [0.05, 0.1) is 17.8 Å². The van der Waals surface area contributed by atoms with Gasteiger partial charge in [-0.25, -0.2) is 4.98 Å². The summed E-state index contributed by atoms with van der Waals surface area (Å²) in [6.07, 6.45) is 0. The lowest BCUT2D eigenvalue weighted by Crippen LogP contribution is -2.18. The van der Waals surface area contributed by atoms with Gasteiger partial charge in [0.1, 0.15) is 5.75 Å². The van der Waals surface area contributed by atoms with E-state index in [1.165, 1.54) is 21.9 Å². The van der Waals surface area contributed by atoms with Crippen LogP contribution in [-0.4, -0.2) is 12.1 Å². The van der Waals surface area contributed by atoms with Crippen LogP contribution in [0.5, 0.6) is 5.75 Å². The highest BCUT2D eigenvalue weighted by molar-refractivity contribution is 7.09. The van der Waals surface area contributed by atoms with Gasteiger partial charge in [0, 0.05) is 23.5 Å². The lowest BCUT2D eigenvalue weighted by molar-refractivity contribution is 0.416. The molecule has 28 heavy (non-hydrogen) atoms. The normalized spacial score (nSPS) is 12.2. The van der Waals surface area contributed by atoms with Crippen LogP contribution in [0.2, 0.25) is 0 Å². The number of nitrogens with one attached hydrogen (secondary N) is 1. The van der Waals surface area contributed by atoms with Gasteiger partial charge in [0.15, 0.2) is 0 Å². The van der Waals surface area contributed by atoms with Gasteiger partial charge in [-0.05, 0) is 47.9 Å². The number of thiazole rings is 1. The molecule has 0 aliphatic carbocycles. The van der Waals surface area contributed by atoms with E-state index in [1.807, 2.05) is 13.0 Å². The van der Waals surface area contributed by atoms with E-state index in [0.717, 1.165) is 28.6 Å². The summed E-state index contributed by atoms with van der Waals surface area (Å²) in [4.78, 5) is 4.63. The SMILES string of the molecule is COc1ccc(CNC(C)c2cccc3ccccc23)cc1-c1csc(C)n1. The van der Waals surface area contributed by atoms with E-state index in [2.05, 4.69) is 77.2 Å². The average molecular weight is 389 g/mol. The van der Waals surface area contributed by atoms with Crippen molar-refractivity contribution in [2.75, 3.05) is 7.11 Å². The molecule has 1 aromatic heterocycles. The number of aryl methyl sites for hydroxylation is 1. The maximum absolute atomic E-state index is 5.55. The molecule has 0 saturated heterocycles. The predicted molar refractivity (Wildman–Crippen MR) is 118 cm³/mol. The molecule has 0 amide bonds. The molecule has 1 N–H and O–H groups in total. The summed E-state index contributed by atoms with van der Waals surface area (Å²) in [7, 11) is 1.71. The van der Waals surface area contributed by atoms with Crippen LogP contribution in [0.25, 0.3) is 22.0 Å². The Morgan fingerprint density at radius 1 is 1.07 bits per heavy atom. The van der Waals surface area contributed by atoms with Gasteiger partial charge in [-0.3, -0.25) is 0 Å². The van der Waals surface area contributed by atoms with Crippen molar-refractivity contribution in [3.63, 3.8) is 0 Å². The Balaban J connectivity index is 1.56. The molecule has 1 unspecified atom stereocenters. The van der Waals surface area contributed by atoms with Crippen molar-refractivity contribution in [2.45, 2.75) is 26.4 Å². The van der Waals surface area contributed by atoms with Crippen LogP contribution in [0.15, 0.2) is 66.0 Å². The summed E-state index contributed by atoms with van der Waals surface area (Å²) in [5.41, 5.74) is 4.56. The van der Waals surface area contributed by atoms with Crippen molar-refractivity contribution in [2.24, 2.45) is 0 Å². The molecule has 0 aliphatic rings. The average Bonchev–Trinajstić information content (AvgIpc) is 3.17. The third kappa shape index (κ3) is 3.79. The Hall–Kier alpha value is -2.69. The highest BCUT2D eigenvalue weighted by Crippen LogP contribution is 2.32. The van der Waals surface area contributed by atoms with Crippen molar-refractivity contribution in [1.82, 2.24) is 10.3 Å². The summed E-state index contributed by atoms with van der Waals surface area (Å²) in [6.45, 7) is 5.03. The highest BCUT2D eigenvalue weighted by Gasteiger charge is 2.12. The van der Waals surface area contributed by atoms with Crippen LogP contribution in [0.3, 0.4) is 0 Å². The molecule has 4 rings (SSSR count). The van der Waals surface area contributed by atoms with Gasteiger partial charge in [0.2, 0.25) is 0 Å². The first-order valence-corrected chi connectivity index (χ1v) is 10.3. The Bertz CT molecular complexity index is 1100. The fourth-order valence-electron chi connectivity index (χ4n) is 3.56. The molecule has 0 fully saturated rings. The molecule has 1 heterocycles. The first-order chi connectivity index (χ1) is 13.7. The number of hydrogen-bond acceptors (Lipinski definition) is 4. The number of benzene rings is 3. The van der Waals surface area contributed by atoms with Crippen LogP contribution >= 0.6 is 11.3 Å². The van der Waals surface area contributed by atoms with E-state index in [-0.39, 0.29) is 6.04 Å². The first-order valence-electron chi connectivity index (χ1n) is 9.46. The smallest absolute Gasteiger partial charge is 0.128 e. The zero-order chi connectivity index (χ0) is 19.5. The van der Waals surface area contributed by atoms with E-state index >= 15 is 0 Å². The van der Waals surface area contributed by atoms with Crippen molar-refractivity contribution in [1.29, 1.82) is 0 Å². The second-order valence-corrected chi connectivity index (χ2v) is 8.02. The quantitative estimate of drug-likeness (QED) is 0.431. The molecule has 4 aromatic rings. The lowest BCUT2D eigenvalue weighted by atomic mass is 9.99. The molecular formula is C24H24N2OS. The minimum absolute atomic E-state index is 0.248. The molecular weight excluding hydrogens is 364 g/mol. The zero-order valence-corrected chi connectivity index (χ0v) is 17.2. The number of hydrogen-bond donors (Lipinski definition) is 1. The summed E-state index contributed by atoms with van der Waals surface area (Å²) in [5.74, 6) is 0.858. The minimum Gasteiger partial charge on any atom is -0.496 e.